The molecule has 2 N–H and O–H groups in total. The van der Waals surface area contributed by atoms with Gasteiger partial charge in [-0.15, -0.1) is 0 Å². The molecule has 0 saturated carbocycles. The molecule has 6 heteroatoms. The van der Waals surface area contributed by atoms with Crippen LogP contribution >= 0.6 is 0 Å². The molecule has 1 saturated heterocycles. The van der Waals surface area contributed by atoms with E-state index in [4.69, 9.17) is 5.11 Å². The fourth-order valence-electron chi connectivity index (χ4n) is 2.47. The molecule has 120 valence electrons. The number of nitriles is 1. The van der Waals surface area contributed by atoms with Gasteiger partial charge in [-0.3, -0.25) is 4.79 Å². The zero-order valence-electron chi connectivity index (χ0n) is 12.8. The lowest BCUT2D eigenvalue weighted by atomic mass is 10.2. The molecule has 0 spiro atoms. The van der Waals surface area contributed by atoms with Gasteiger partial charge in [-0.2, -0.15) is 5.26 Å². The number of hydrogen-bond donors (Lipinski definition) is 2. The summed E-state index contributed by atoms with van der Waals surface area (Å²) < 4.78 is 0. The lowest BCUT2D eigenvalue weighted by molar-refractivity contribution is -0.112. The number of carboxylic acids is 1. The molecule has 0 radical (unpaired) electrons. The van der Waals surface area contributed by atoms with Gasteiger partial charge < -0.3 is 15.3 Å². The number of carbonyl (C=O) groups is 2. The second kappa shape index (κ2) is 7.99. The van der Waals surface area contributed by atoms with Crippen molar-refractivity contribution in [1.82, 2.24) is 4.90 Å². The first kappa shape index (κ1) is 16.6. The van der Waals surface area contributed by atoms with E-state index in [0.717, 1.165) is 25.9 Å². The zero-order chi connectivity index (χ0) is 16.7. The van der Waals surface area contributed by atoms with Crippen molar-refractivity contribution >= 4 is 17.6 Å². The van der Waals surface area contributed by atoms with Crippen LogP contribution in [0.5, 0.6) is 0 Å². The first-order valence-electron chi connectivity index (χ1n) is 7.61. The van der Waals surface area contributed by atoms with Crippen LogP contribution in [0.25, 0.3) is 0 Å². The van der Waals surface area contributed by atoms with Crippen LogP contribution < -0.4 is 5.32 Å². The Morgan fingerprint density at radius 3 is 2.52 bits per heavy atom. The van der Waals surface area contributed by atoms with E-state index in [9.17, 15) is 14.9 Å². The predicted molar refractivity (Wildman–Crippen MR) is 85.8 cm³/mol. The summed E-state index contributed by atoms with van der Waals surface area (Å²) in [5, 5.41) is 20.8. The number of carboxylic acid groups (broad SMARTS) is 1. The van der Waals surface area contributed by atoms with E-state index in [1.165, 1.54) is 25.0 Å². The van der Waals surface area contributed by atoms with Crippen molar-refractivity contribution < 1.29 is 14.7 Å². The van der Waals surface area contributed by atoms with Gasteiger partial charge >= 0.3 is 5.97 Å². The van der Waals surface area contributed by atoms with Crippen molar-refractivity contribution in [2.45, 2.75) is 25.7 Å². The van der Waals surface area contributed by atoms with E-state index < -0.39 is 11.9 Å². The lowest BCUT2D eigenvalue weighted by Crippen LogP contribution is -2.22. The summed E-state index contributed by atoms with van der Waals surface area (Å²) in [4.78, 5) is 25.1. The molecule has 1 aliphatic rings. The number of likely N-dealkylation sites (tertiary alicyclic amines) is 1. The van der Waals surface area contributed by atoms with E-state index >= 15 is 0 Å². The Kier molecular flexibility index (Phi) is 5.75. The number of amides is 1. The van der Waals surface area contributed by atoms with Crippen LogP contribution in [-0.2, 0) is 4.79 Å². The van der Waals surface area contributed by atoms with Crippen molar-refractivity contribution in [3.8, 4) is 6.07 Å². The van der Waals surface area contributed by atoms with Gasteiger partial charge in [0.1, 0.15) is 11.6 Å². The number of aromatic carboxylic acids is 1. The van der Waals surface area contributed by atoms with Gasteiger partial charge in [0.15, 0.2) is 0 Å². The fourth-order valence-corrected chi connectivity index (χ4v) is 2.47. The van der Waals surface area contributed by atoms with Gasteiger partial charge in [0.25, 0.3) is 5.91 Å². The molecule has 23 heavy (non-hydrogen) atoms. The van der Waals surface area contributed by atoms with Crippen molar-refractivity contribution in [2.75, 3.05) is 18.4 Å². The van der Waals surface area contributed by atoms with E-state index in [-0.39, 0.29) is 11.1 Å². The molecule has 1 aliphatic heterocycles. The molecule has 1 amide bonds. The number of anilines is 1. The van der Waals surface area contributed by atoms with E-state index in [1.807, 2.05) is 11.0 Å². The maximum absolute atomic E-state index is 12.2. The zero-order valence-corrected chi connectivity index (χ0v) is 12.8. The smallest absolute Gasteiger partial charge is 0.335 e. The van der Waals surface area contributed by atoms with E-state index in [2.05, 4.69) is 5.32 Å². The molecule has 1 fully saturated rings. The van der Waals surface area contributed by atoms with Crippen molar-refractivity contribution in [2.24, 2.45) is 0 Å². The normalized spacial score (nSPS) is 15.4. The Bertz CT molecular complexity index is 653. The van der Waals surface area contributed by atoms with Gasteiger partial charge in [-0.1, -0.05) is 18.9 Å². The molecule has 0 atom stereocenters. The fraction of sp³-hybridized carbons (Fsp3) is 0.353. The predicted octanol–water partition coefficient (Wildman–Crippen LogP) is 2.61. The molecule has 1 aromatic rings. The molecule has 2 rings (SSSR count). The highest BCUT2D eigenvalue weighted by molar-refractivity contribution is 6.06. The number of nitrogens with zero attached hydrogens (tertiary/aromatic N) is 2. The van der Waals surface area contributed by atoms with Crippen LogP contribution in [0.2, 0.25) is 0 Å². The van der Waals surface area contributed by atoms with Crippen LogP contribution in [0.3, 0.4) is 0 Å². The maximum atomic E-state index is 12.2. The standard InChI is InChI=1S/C17H19N3O3/c18-11-14(12-20-8-3-1-2-4-9-20)16(21)19-15-7-5-6-13(10-15)17(22)23/h5-7,10,12H,1-4,8-9H2,(H,19,21)(H,22,23)/b14-12-. The highest BCUT2D eigenvalue weighted by Crippen LogP contribution is 2.14. The van der Waals surface area contributed by atoms with Crippen LogP contribution in [0.15, 0.2) is 36.0 Å². The molecule has 0 aromatic heterocycles. The number of benzene rings is 1. The summed E-state index contributed by atoms with van der Waals surface area (Å²) in [7, 11) is 0. The van der Waals surface area contributed by atoms with Gasteiger partial charge in [-0.25, -0.2) is 4.79 Å². The molecule has 0 unspecified atom stereocenters. The minimum Gasteiger partial charge on any atom is -0.478 e. The molecule has 1 heterocycles. The molecular formula is C17H19N3O3. The Hall–Kier alpha value is -2.81. The number of hydrogen-bond acceptors (Lipinski definition) is 4. The Morgan fingerprint density at radius 2 is 1.91 bits per heavy atom. The molecular weight excluding hydrogens is 294 g/mol. The van der Waals surface area contributed by atoms with Crippen LogP contribution in [-0.4, -0.2) is 35.0 Å². The summed E-state index contributed by atoms with van der Waals surface area (Å²) >= 11 is 0. The largest absolute Gasteiger partial charge is 0.478 e. The van der Waals surface area contributed by atoms with Gasteiger partial charge in [-0.05, 0) is 31.0 Å². The summed E-state index contributed by atoms with van der Waals surface area (Å²) in [6, 6.07) is 7.86. The minimum atomic E-state index is -1.07. The van der Waals surface area contributed by atoms with Crippen molar-refractivity contribution in [1.29, 1.82) is 5.26 Å². The third-order valence-electron chi connectivity index (χ3n) is 3.68. The topological polar surface area (TPSA) is 93.4 Å². The first-order valence-corrected chi connectivity index (χ1v) is 7.61. The minimum absolute atomic E-state index is 0.0210. The summed E-state index contributed by atoms with van der Waals surface area (Å²) in [6.45, 7) is 1.68. The van der Waals surface area contributed by atoms with Crippen LogP contribution in [0, 0.1) is 11.3 Å². The quantitative estimate of drug-likeness (QED) is 0.658. The highest BCUT2D eigenvalue weighted by atomic mass is 16.4. The van der Waals surface area contributed by atoms with Crippen molar-refractivity contribution in [3.63, 3.8) is 0 Å². The number of carbonyl (C=O) groups excluding carboxylic acids is 1. The van der Waals surface area contributed by atoms with E-state index in [0.29, 0.717) is 5.69 Å². The van der Waals surface area contributed by atoms with Crippen LogP contribution in [0.1, 0.15) is 36.0 Å². The molecule has 6 nitrogen and oxygen atoms in total. The summed E-state index contributed by atoms with van der Waals surface area (Å²) in [5.74, 6) is -1.60. The molecule has 0 bridgehead atoms. The maximum Gasteiger partial charge on any atom is 0.335 e. The lowest BCUT2D eigenvalue weighted by Gasteiger charge is -2.17. The average molecular weight is 313 g/mol. The second-order valence-electron chi connectivity index (χ2n) is 5.44. The van der Waals surface area contributed by atoms with Crippen molar-refractivity contribution in [3.05, 3.63) is 41.6 Å². The Labute approximate surface area is 135 Å². The van der Waals surface area contributed by atoms with Gasteiger partial charge in [0.2, 0.25) is 0 Å². The first-order chi connectivity index (χ1) is 11.1. The third-order valence-corrected chi connectivity index (χ3v) is 3.68. The van der Waals surface area contributed by atoms with Crippen LogP contribution in [0.4, 0.5) is 5.69 Å². The monoisotopic (exact) mass is 313 g/mol. The third kappa shape index (κ3) is 4.85. The molecule has 0 aliphatic carbocycles. The SMILES string of the molecule is N#C/C(=C/N1CCCCCC1)C(=O)Nc1cccc(C(=O)O)c1. The molecule has 1 aromatic carbocycles. The number of nitrogens with one attached hydrogen (secondary N) is 1. The van der Waals surface area contributed by atoms with Gasteiger partial charge in [0.05, 0.1) is 5.56 Å². The number of rotatable bonds is 4. The average Bonchev–Trinajstić information content (AvgIpc) is 2.81. The van der Waals surface area contributed by atoms with Gasteiger partial charge in [0, 0.05) is 25.0 Å². The van der Waals surface area contributed by atoms with E-state index in [1.54, 1.807) is 18.3 Å². The highest BCUT2D eigenvalue weighted by Gasteiger charge is 2.13. The Balaban J connectivity index is 2.09. The second-order valence-corrected chi connectivity index (χ2v) is 5.44. The summed E-state index contributed by atoms with van der Waals surface area (Å²) in [5.41, 5.74) is 0.456. The Morgan fingerprint density at radius 1 is 1.22 bits per heavy atom. The summed E-state index contributed by atoms with van der Waals surface area (Å²) in [6.07, 6.45) is 6.04.